The average Bonchev–Trinajstić information content (AvgIpc) is 2.06. The van der Waals surface area contributed by atoms with Crippen molar-refractivity contribution < 1.29 is 4.74 Å². The van der Waals surface area contributed by atoms with Crippen LogP contribution in [0, 0.1) is 0 Å². The van der Waals surface area contributed by atoms with Gasteiger partial charge in [-0.2, -0.15) is 0 Å². The van der Waals surface area contributed by atoms with Crippen LogP contribution < -0.4 is 4.90 Å². The Morgan fingerprint density at radius 2 is 2.23 bits per heavy atom. The van der Waals surface area contributed by atoms with Crippen molar-refractivity contribution in [2.75, 3.05) is 25.1 Å². The van der Waals surface area contributed by atoms with Crippen LogP contribution >= 0.6 is 11.6 Å². The fraction of sp³-hybridized carbons (Fsp3) is 0.500. The molecule has 4 nitrogen and oxygen atoms in total. The second kappa shape index (κ2) is 3.47. The molecule has 0 aliphatic carbocycles. The zero-order valence-electron chi connectivity index (χ0n) is 7.27. The highest BCUT2D eigenvalue weighted by Crippen LogP contribution is 2.19. The Kier molecular flexibility index (Phi) is 2.33. The van der Waals surface area contributed by atoms with E-state index in [1.807, 2.05) is 6.07 Å². The first-order valence-electron chi connectivity index (χ1n) is 4.06. The lowest BCUT2D eigenvalue weighted by Crippen LogP contribution is -2.52. The van der Waals surface area contributed by atoms with Gasteiger partial charge in [0.2, 0.25) is 0 Å². The highest BCUT2D eigenvalue weighted by Gasteiger charge is 2.27. The summed E-state index contributed by atoms with van der Waals surface area (Å²) in [7, 11) is 1.72. The molecule has 0 radical (unpaired) electrons. The summed E-state index contributed by atoms with van der Waals surface area (Å²) in [6.07, 6.45) is 0.331. The van der Waals surface area contributed by atoms with Crippen molar-refractivity contribution in [3.8, 4) is 0 Å². The molecule has 0 N–H and O–H groups in total. The average molecular weight is 200 g/mol. The number of ether oxygens (including phenoxy) is 1. The molecule has 2 heterocycles. The van der Waals surface area contributed by atoms with Crippen molar-refractivity contribution in [3.05, 3.63) is 17.3 Å². The summed E-state index contributed by atoms with van der Waals surface area (Å²) >= 11 is 5.62. The quantitative estimate of drug-likeness (QED) is 0.712. The van der Waals surface area contributed by atoms with Crippen LogP contribution in [0.2, 0.25) is 5.15 Å². The Labute approximate surface area is 81.5 Å². The second-order valence-electron chi connectivity index (χ2n) is 2.98. The van der Waals surface area contributed by atoms with Gasteiger partial charge in [0.05, 0.1) is 6.10 Å². The molecule has 0 aromatic carbocycles. The maximum atomic E-state index is 5.62. The minimum Gasteiger partial charge on any atom is -0.378 e. The zero-order chi connectivity index (χ0) is 9.26. The van der Waals surface area contributed by atoms with Crippen molar-refractivity contribution in [2.45, 2.75) is 6.10 Å². The van der Waals surface area contributed by atoms with Crippen LogP contribution in [0.15, 0.2) is 12.1 Å². The maximum Gasteiger partial charge on any atom is 0.151 e. The standard InChI is InChI=1S/C8H10ClN3O/c1-13-6-4-12(5-6)8-3-2-7(9)10-11-8/h2-3,6H,4-5H2,1H3. The van der Waals surface area contributed by atoms with Crippen LogP contribution in [-0.2, 0) is 4.74 Å². The summed E-state index contributed by atoms with van der Waals surface area (Å²) in [6, 6.07) is 3.60. The third-order valence-corrected chi connectivity index (χ3v) is 2.32. The molecule has 0 unspecified atom stereocenters. The number of hydrogen-bond acceptors (Lipinski definition) is 4. The fourth-order valence-electron chi connectivity index (χ4n) is 1.25. The van der Waals surface area contributed by atoms with E-state index in [4.69, 9.17) is 16.3 Å². The van der Waals surface area contributed by atoms with E-state index in [2.05, 4.69) is 15.1 Å². The van der Waals surface area contributed by atoms with Gasteiger partial charge in [0.1, 0.15) is 0 Å². The monoisotopic (exact) mass is 199 g/mol. The minimum absolute atomic E-state index is 0.331. The van der Waals surface area contributed by atoms with E-state index in [0.29, 0.717) is 11.3 Å². The highest BCUT2D eigenvalue weighted by molar-refractivity contribution is 6.29. The summed E-state index contributed by atoms with van der Waals surface area (Å²) in [5.74, 6) is 0.859. The second-order valence-corrected chi connectivity index (χ2v) is 3.36. The summed E-state index contributed by atoms with van der Waals surface area (Å²) < 4.78 is 5.15. The number of rotatable bonds is 2. The third-order valence-electron chi connectivity index (χ3n) is 2.12. The molecule has 1 aliphatic rings. The van der Waals surface area contributed by atoms with E-state index in [0.717, 1.165) is 18.9 Å². The third kappa shape index (κ3) is 1.73. The van der Waals surface area contributed by atoms with Crippen molar-refractivity contribution in [2.24, 2.45) is 0 Å². The van der Waals surface area contributed by atoms with Gasteiger partial charge in [-0.3, -0.25) is 0 Å². The molecule has 0 atom stereocenters. The first-order chi connectivity index (χ1) is 6.29. The van der Waals surface area contributed by atoms with Crippen LogP contribution in [0.4, 0.5) is 5.82 Å². The predicted octanol–water partition coefficient (Wildman–Crippen LogP) is 0.965. The van der Waals surface area contributed by atoms with Gasteiger partial charge in [-0.25, -0.2) is 0 Å². The first-order valence-corrected chi connectivity index (χ1v) is 4.44. The largest absolute Gasteiger partial charge is 0.378 e. The molecule has 1 fully saturated rings. The Morgan fingerprint density at radius 1 is 1.46 bits per heavy atom. The molecular formula is C8H10ClN3O. The lowest BCUT2D eigenvalue weighted by Gasteiger charge is -2.38. The SMILES string of the molecule is COC1CN(c2ccc(Cl)nn2)C1. The van der Waals surface area contributed by atoms with E-state index >= 15 is 0 Å². The van der Waals surface area contributed by atoms with Gasteiger partial charge in [0, 0.05) is 20.2 Å². The molecule has 0 saturated carbocycles. The minimum atomic E-state index is 0.331. The van der Waals surface area contributed by atoms with Crippen molar-refractivity contribution in [3.63, 3.8) is 0 Å². The smallest absolute Gasteiger partial charge is 0.151 e. The number of nitrogens with zero attached hydrogens (tertiary/aromatic N) is 3. The van der Waals surface area contributed by atoms with Crippen molar-refractivity contribution in [1.29, 1.82) is 0 Å². The van der Waals surface area contributed by atoms with Crippen LogP contribution in [0.5, 0.6) is 0 Å². The van der Waals surface area contributed by atoms with Gasteiger partial charge < -0.3 is 9.64 Å². The van der Waals surface area contributed by atoms with Gasteiger partial charge >= 0.3 is 0 Å². The van der Waals surface area contributed by atoms with Crippen molar-refractivity contribution >= 4 is 17.4 Å². The molecule has 1 aromatic heterocycles. The van der Waals surface area contributed by atoms with Gasteiger partial charge in [0.15, 0.2) is 11.0 Å². The van der Waals surface area contributed by atoms with E-state index in [-0.39, 0.29) is 0 Å². The lowest BCUT2D eigenvalue weighted by atomic mass is 10.2. The van der Waals surface area contributed by atoms with E-state index in [1.165, 1.54) is 0 Å². The Hall–Kier alpha value is -0.870. The molecular weight excluding hydrogens is 190 g/mol. The van der Waals surface area contributed by atoms with Gasteiger partial charge in [-0.1, -0.05) is 11.6 Å². The number of aromatic nitrogens is 2. The molecule has 0 spiro atoms. The summed E-state index contributed by atoms with van der Waals surface area (Å²) in [6.45, 7) is 1.76. The molecule has 1 aromatic rings. The highest BCUT2D eigenvalue weighted by atomic mass is 35.5. The predicted molar refractivity (Wildman–Crippen MR) is 50.1 cm³/mol. The number of hydrogen-bond donors (Lipinski definition) is 0. The molecule has 0 bridgehead atoms. The number of anilines is 1. The van der Waals surface area contributed by atoms with E-state index < -0.39 is 0 Å². The molecule has 2 rings (SSSR count). The summed E-state index contributed by atoms with van der Waals surface area (Å²) in [4.78, 5) is 2.09. The number of methoxy groups -OCH3 is 1. The lowest BCUT2D eigenvalue weighted by molar-refractivity contribution is 0.0782. The summed E-state index contributed by atoms with van der Waals surface area (Å²) in [5, 5.41) is 8.15. The van der Waals surface area contributed by atoms with Gasteiger partial charge in [-0.05, 0) is 12.1 Å². The summed E-state index contributed by atoms with van der Waals surface area (Å²) in [5.41, 5.74) is 0. The van der Waals surface area contributed by atoms with E-state index in [1.54, 1.807) is 13.2 Å². The molecule has 1 saturated heterocycles. The van der Waals surface area contributed by atoms with Crippen LogP contribution in [0.1, 0.15) is 0 Å². The van der Waals surface area contributed by atoms with Crippen LogP contribution in [-0.4, -0.2) is 36.5 Å². The molecule has 70 valence electrons. The topological polar surface area (TPSA) is 38.2 Å². The zero-order valence-corrected chi connectivity index (χ0v) is 8.03. The Morgan fingerprint density at radius 3 is 2.77 bits per heavy atom. The molecule has 0 amide bonds. The Bertz CT molecular complexity index is 284. The van der Waals surface area contributed by atoms with Crippen molar-refractivity contribution in [1.82, 2.24) is 10.2 Å². The van der Waals surface area contributed by atoms with Gasteiger partial charge in [0.25, 0.3) is 0 Å². The molecule has 13 heavy (non-hydrogen) atoms. The van der Waals surface area contributed by atoms with Gasteiger partial charge in [-0.15, -0.1) is 10.2 Å². The molecule has 5 heteroatoms. The van der Waals surface area contributed by atoms with E-state index in [9.17, 15) is 0 Å². The number of halogens is 1. The Balaban J connectivity index is 1.99. The maximum absolute atomic E-state index is 5.62. The molecule has 1 aliphatic heterocycles. The van der Waals surface area contributed by atoms with Crippen LogP contribution in [0.3, 0.4) is 0 Å². The van der Waals surface area contributed by atoms with Crippen LogP contribution in [0.25, 0.3) is 0 Å². The normalized spacial score (nSPS) is 17.2. The first kappa shape index (κ1) is 8.72. The fourth-order valence-corrected chi connectivity index (χ4v) is 1.35.